The molecule has 0 aliphatic rings. The number of alkyl carbamates (subject to hydrolysis) is 1. The molecule has 1 heterocycles. The van der Waals surface area contributed by atoms with Crippen molar-refractivity contribution in [3.05, 3.63) is 65.5 Å². The third kappa shape index (κ3) is 5.24. The SMILES string of the molecule is O=C(O)Cc1ccc(CNC(=O)OCc2ccccc2)nc1. The number of aromatic nitrogens is 1. The third-order valence-electron chi connectivity index (χ3n) is 2.87. The molecule has 6 nitrogen and oxygen atoms in total. The van der Waals surface area contributed by atoms with Gasteiger partial charge in [0, 0.05) is 6.20 Å². The molecule has 0 atom stereocenters. The zero-order valence-electron chi connectivity index (χ0n) is 11.9. The van der Waals surface area contributed by atoms with Crippen LogP contribution >= 0.6 is 0 Å². The predicted molar refractivity (Wildman–Crippen MR) is 79.0 cm³/mol. The number of benzene rings is 1. The van der Waals surface area contributed by atoms with Crippen molar-refractivity contribution in [1.82, 2.24) is 10.3 Å². The van der Waals surface area contributed by atoms with Gasteiger partial charge in [-0.25, -0.2) is 4.79 Å². The largest absolute Gasteiger partial charge is 0.481 e. The van der Waals surface area contributed by atoms with Gasteiger partial charge in [-0.05, 0) is 17.2 Å². The van der Waals surface area contributed by atoms with Gasteiger partial charge in [0.1, 0.15) is 6.61 Å². The van der Waals surface area contributed by atoms with E-state index in [1.807, 2.05) is 30.3 Å². The average molecular weight is 300 g/mol. The molecule has 2 N–H and O–H groups in total. The minimum Gasteiger partial charge on any atom is -0.481 e. The van der Waals surface area contributed by atoms with Crippen LogP contribution in [0.25, 0.3) is 0 Å². The second kappa shape index (κ2) is 7.78. The number of amides is 1. The maximum atomic E-state index is 11.6. The molecule has 0 fully saturated rings. The van der Waals surface area contributed by atoms with Gasteiger partial charge in [0.25, 0.3) is 0 Å². The minimum absolute atomic E-state index is 0.0696. The van der Waals surface area contributed by atoms with Crippen LogP contribution in [0.3, 0.4) is 0 Å². The topological polar surface area (TPSA) is 88.5 Å². The van der Waals surface area contributed by atoms with Crippen molar-refractivity contribution in [3.63, 3.8) is 0 Å². The normalized spacial score (nSPS) is 10.0. The van der Waals surface area contributed by atoms with Crippen LogP contribution in [0.4, 0.5) is 4.79 Å². The number of carbonyl (C=O) groups is 2. The molecule has 2 aromatic rings. The lowest BCUT2D eigenvalue weighted by Gasteiger charge is -2.07. The Morgan fingerprint density at radius 2 is 1.86 bits per heavy atom. The molecule has 1 aromatic heterocycles. The molecule has 22 heavy (non-hydrogen) atoms. The lowest BCUT2D eigenvalue weighted by molar-refractivity contribution is -0.136. The Hall–Kier alpha value is -2.89. The fourth-order valence-electron chi connectivity index (χ4n) is 1.78. The van der Waals surface area contributed by atoms with E-state index in [2.05, 4.69) is 10.3 Å². The number of pyridine rings is 1. The summed E-state index contributed by atoms with van der Waals surface area (Å²) in [5.74, 6) is -0.905. The van der Waals surface area contributed by atoms with E-state index in [1.165, 1.54) is 6.20 Å². The summed E-state index contributed by atoms with van der Waals surface area (Å²) in [7, 11) is 0. The highest BCUT2D eigenvalue weighted by atomic mass is 16.5. The molecule has 0 aliphatic carbocycles. The van der Waals surface area contributed by atoms with Gasteiger partial charge in [0.2, 0.25) is 0 Å². The lowest BCUT2D eigenvalue weighted by atomic mass is 10.2. The van der Waals surface area contributed by atoms with Crippen LogP contribution in [-0.4, -0.2) is 22.2 Å². The molecule has 0 saturated carbocycles. The Bertz CT molecular complexity index is 626. The highest BCUT2D eigenvalue weighted by Crippen LogP contribution is 2.03. The van der Waals surface area contributed by atoms with Gasteiger partial charge >= 0.3 is 12.1 Å². The summed E-state index contributed by atoms with van der Waals surface area (Å²) in [6, 6.07) is 12.7. The van der Waals surface area contributed by atoms with E-state index in [9.17, 15) is 9.59 Å². The highest BCUT2D eigenvalue weighted by Gasteiger charge is 2.05. The summed E-state index contributed by atoms with van der Waals surface area (Å²) < 4.78 is 5.07. The van der Waals surface area contributed by atoms with E-state index in [4.69, 9.17) is 9.84 Å². The molecule has 114 valence electrons. The van der Waals surface area contributed by atoms with Crippen molar-refractivity contribution in [1.29, 1.82) is 0 Å². The van der Waals surface area contributed by atoms with Crippen LogP contribution in [0.2, 0.25) is 0 Å². The highest BCUT2D eigenvalue weighted by molar-refractivity contribution is 5.70. The molecule has 1 amide bonds. The Balaban J connectivity index is 1.75. The number of nitrogens with one attached hydrogen (secondary N) is 1. The van der Waals surface area contributed by atoms with Gasteiger partial charge in [-0.15, -0.1) is 0 Å². The Morgan fingerprint density at radius 1 is 1.09 bits per heavy atom. The van der Waals surface area contributed by atoms with E-state index in [0.29, 0.717) is 11.3 Å². The molecule has 0 unspecified atom stereocenters. The molecular formula is C16H16N2O4. The first-order valence-corrected chi connectivity index (χ1v) is 6.73. The van der Waals surface area contributed by atoms with Crippen molar-refractivity contribution in [2.75, 3.05) is 0 Å². The number of carbonyl (C=O) groups excluding carboxylic acids is 1. The lowest BCUT2D eigenvalue weighted by Crippen LogP contribution is -2.24. The molecule has 0 bridgehead atoms. The Morgan fingerprint density at radius 3 is 2.50 bits per heavy atom. The Kier molecular flexibility index (Phi) is 5.48. The second-order valence-corrected chi connectivity index (χ2v) is 4.64. The van der Waals surface area contributed by atoms with Crippen molar-refractivity contribution < 1.29 is 19.4 Å². The third-order valence-corrected chi connectivity index (χ3v) is 2.87. The summed E-state index contributed by atoms with van der Waals surface area (Å²) in [5, 5.41) is 11.3. The van der Waals surface area contributed by atoms with Gasteiger partial charge in [0.05, 0.1) is 18.7 Å². The van der Waals surface area contributed by atoms with Crippen LogP contribution in [0, 0.1) is 0 Å². The number of hydrogen-bond acceptors (Lipinski definition) is 4. The van der Waals surface area contributed by atoms with Crippen molar-refractivity contribution in [2.45, 2.75) is 19.6 Å². The maximum absolute atomic E-state index is 11.6. The molecular weight excluding hydrogens is 284 g/mol. The van der Waals surface area contributed by atoms with Crippen LogP contribution in [0.1, 0.15) is 16.8 Å². The molecule has 6 heteroatoms. The Labute approximate surface area is 127 Å². The van der Waals surface area contributed by atoms with E-state index < -0.39 is 12.1 Å². The van der Waals surface area contributed by atoms with Crippen molar-refractivity contribution in [2.24, 2.45) is 0 Å². The number of ether oxygens (including phenoxy) is 1. The zero-order chi connectivity index (χ0) is 15.8. The molecule has 2 rings (SSSR count). The first kappa shape index (κ1) is 15.5. The summed E-state index contributed by atoms with van der Waals surface area (Å²) in [4.78, 5) is 26.2. The van der Waals surface area contributed by atoms with Crippen LogP contribution < -0.4 is 5.32 Å². The molecule has 1 aromatic carbocycles. The fourth-order valence-corrected chi connectivity index (χ4v) is 1.78. The van der Waals surface area contributed by atoms with Crippen molar-refractivity contribution in [3.8, 4) is 0 Å². The standard InChI is InChI=1S/C16H16N2O4/c19-15(20)8-13-6-7-14(17-9-13)10-18-16(21)22-11-12-4-2-1-3-5-12/h1-7,9H,8,10-11H2,(H,18,21)(H,19,20). The fraction of sp³-hybridized carbons (Fsp3) is 0.188. The number of hydrogen-bond donors (Lipinski definition) is 2. The quantitative estimate of drug-likeness (QED) is 0.853. The molecule has 0 radical (unpaired) electrons. The van der Waals surface area contributed by atoms with E-state index in [0.717, 1.165) is 5.56 Å². The number of aliphatic carboxylic acids is 1. The summed E-state index contributed by atoms with van der Waals surface area (Å²) in [5.41, 5.74) is 2.16. The van der Waals surface area contributed by atoms with Gasteiger partial charge in [-0.2, -0.15) is 0 Å². The van der Waals surface area contributed by atoms with E-state index >= 15 is 0 Å². The minimum atomic E-state index is -0.905. The second-order valence-electron chi connectivity index (χ2n) is 4.64. The van der Waals surface area contributed by atoms with Gasteiger partial charge in [0.15, 0.2) is 0 Å². The number of carboxylic acids is 1. The van der Waals surface area contributed by atoms with Gasteiger partial charge in [-0.3, -0.25) is 9.78 Å². The zero-order valence-corrected chi connectivity index (χ0v) is 11.9. The van der Waals surface area contributed by atoms with Crippen LogP contribution in [0.5, 0.6) is 0 Å². The van der Waals surface area contributed by atoms with Crippen LogP contribution in [-0.2, 0) is 29.1 Å². The van der Waals surface area contributed by atoms with E-state index in [-0.39, 0.29) is 19.6 Å². The van der Waals surface area contributed by atoms with Crippen molar-refractivity contribution >= 4 is 12.1 Å². The van der Waals surface area contributed by atoms with Gasteiger partial charge < -0.3 is 15.2 Å². The smallest absolute Gasteiger partial charge is 0.407 e. The average Bonchev–Trinajstić information content (AvgIpc) is 2.53. The summed E-state index contributed by atoms with van der Waals surface area (Å²) in [6.07, 6.45) is 0.889. The first-order valence-electron chi connectivity index (χ1n) is 6.73. The summed E-state index contributed by atoms with van der Waals surface area (Å²) in [6.45, 7) is 0.429. The maximum Gasteiger partial charge on any atom is 0.407 e. The van der Waals surface area contributed by atoms with Crippen LogP contribution in [0.15, 0.2) is 48.7 Å². The predicted octanol–water partition coefficient (Wildman–Crippen LogP) is 2.14. The number of rotatable bonds is 6. The number of nitrogens with zero attached hydrogens (tertiary/aromatic N) is 1. The van der Waals surface area contributed by atoms with E-state index in [1.54, 1.807) is 12.1 Å². The molecule has 0 spiro atoms. The monoisotopic (exact) mass is 300 g/mol. The molecule has 0 saturated heterocycles. The molecule has 0 aliphatic heterocycles. The summed E-state index contributed by atoms with van der Waals surface area (Å²) >= 11 is 0. The first-order chi connectivity index (χ1) is 10.6. The van der Waals surface area contributed by atoms with Gasteiger partial charge in [-0.1, -0.05) is 36.4 Å². The number of carboxylic acid groups (broad SMARTS) is 1.